The van der Waals surface area contributed by atoms with E-state index in [2.05, 4.69) is 27.9 Å². The van der Waals surface area contributed by atoms with E-state index in [1.807, 2.05) is 43.3 Å². The molecular formula is C14H12INO2. The average molecular weight is 353 g/mol. The van der Waals surface area contributed by atoms with Gasteiger partial charge in [0.1, 0.15) is 5.76 Å². The predicted molar refractivity (Wildman–Crippen MR) is 80.3 cm³/mol. The smallest absolute Gasteiger partial charge is 0.248 e. The van der Waals surface area contributed by atoms with Crippen molar-refractivity contribution in [3.63, 3.8) is 0 Å². The van der Waals surface area contributed by atoms with Crippen LogP contribution in [0.4, 0.5) is 5.69 Å². The number of halogens is 1. The summed E-state index contributed by atoms with van der Waals surface area (Å²) in [6.07, 6.45) is 3.10. The van der Waals surface area contributed by atoms with Crippen molar-refractivity contribution >= 4 is 40.3 Å². The summed E-state index contributed by atoms with van der Waals surface area (Å²) in [7, 11) is 0. The monoisotopic (exact) mass is 353 g/mol. The average Bonchev–Trinajstić information content (AvgIpc) is 2.73. The quantitative estimate of drug-likeness (QED) is 0.673. The summed E-state index contributed by atoms with van der Waals surface area (Å²) in [6.45, 7) is 1.98. The van der Waals surface area contributed by atoms with Gasteiger partial charge in [-0.15, -0.1) is 0 Å². The largest absolute Gasteiger partial charge is 0.451 e. The second kappa shape index (κ2) is 5.86. The van der Waals surface area contributed by atoms with Gasteiger partial charge in [-0.05, 0) is 65.4 Å². The third-order valence-corrected chi connectivity index (χ3v) is 2.86. The Kier molecular flexibility index (Phi) is 4.19. The molecule has 92 valence electrons. The second-order valence-electron chi connectivity index (χ2n) is 3.83. The van der Waals surface area contributed by atoms with Gasteiger partial charge < -0.3 is 9.73 Å². The van der Waals surface area contributed by atoms with Crippen molar-refractivity contribution in [3.8, 4) is 0 Å². The number of furan rings is 1. The van der Waals surface area contributed by atoms with Crippen LogP contribution in [-0.2, 0) is 4.79 Å². The van der Waals surface area contributed by atoms with Gasteiger partial charge in [0.05, 0.1) is 0 Å². The maximum atomic E-state index is 11.7. The highest BCUT2D eigenvalue weighted by molar-refractivity contribution is 14.1. The lowest BCUT2D eigenvalue weighted by molar-refractivity contribution is -0.111. The SMILES string of the molecule is Cc1cccc(NC(=O)/C=C/c2ccc(I)o2)c1. The van der Waals surface area contributed by atoms with E-state index in [1.54, 1.807) is 6.08 Å². The summed E-state index contributed by atoms with van der Waals surface area (Å²) >= 11 is 2.08. The molecule has 18 heavy (non-hydrogen) atoms. The van der Waals surface area contributed by atoms with E-state index >= 15 is 0 Å². The lowest BCUT2D eigenvalue weighted by Gasteiger charge is -2.02. The first kappa shape index (κ1) is 12.9. The van der Waals surface area contributed by atoms with Crippen molar-refractivity contribution in [3.05, 3.63) is 57.6 Å². The van der Waals surface area contributed by atoms with Crippen LogP contribution < -0.4 is 5.32 Å². The fourth-order valence-electron chi connectivity index (χ4n) is 1.48. The molecule has 0 aliphatic heterocycles. The summed E-state index contributed by atoms with van der Waals surface area (Å²) < 4.78 is 6.12. The number of benzene rings is 1. The van der Waals surface area contributed by atoms with Gasteiger partial charge in [-0.3, -0.25) is 4.79 Å². The van der Waals surface area contributed by atoms with Gasteiger partial charge in [0, 0.05) is 11.8 Å². The standard InChI is InChI=1S/C14H12INO2/c1-10-3-2-4-11(9-10)16-14(17)8-6-12-5-7-13(15)18-12/h2-9H,1H3,(H,16,17)/b8-6+. The summed E-state index contributed by atoms with van der Waals surface area (Å²) in [5, 5.41) is 2.79. The molecule has 0 aliphatic carbocycles. The van der Waals surface area contributed by atoms with E-state index in [0.29, 0.717) is 5.76 Å². The van der Waals surface area contributed by atoms with Crippen LogP contribution in [-0.4, -0.2) is 5.91 Å². The molecule has 1 heterocycles. The zero-order valence-electron chi connectivity index (χ0n) is 9.81. The Morgan fingerprint density at radius 1 is 1.33 bits per heavy atom. The lowest BCUT2D eigenvalue weighted by Crippen LogP contribution is -2.07. The molecular weight excluding hydrogens is 341 g/mol. The van der Waals surface area contributed by atoms with Crippen molar-refractivity contribution < 1.29 is 9.21 Å². The fraction of sp³-hybridized carbons (Fsp3) is 0.0714. The van der Waals surface area contributed by atoms with Gasteiger partial charge in [-0.1, -0.05) is 12.1 Å². The molecule has 0 saturated carbocycles. The Bertz CT molecular complexity index is 587. The summed E-state index contributed by atoms with van der Waals surface area (Å²) in [4.78, 5) is 11.7. The molecule has 1 N–H and O–H groups in total. The third kappa shape index (κ3) is 3.73. The highest BCUT2D eigenvalue weighted by atomic mass is 127. The fourth-order valence-corrected chi connectivity index (χ4v) is 1.92. The lowest BCUT2D eigenvalue weighted by atomic mass is 10.2. The molecule has 3 nitrogen and oxygen atoms in total. The van der Waals surface area contributed by atoms with Crippen molar-refractivity contribution in [2.24, 2.45) is 0 Å². The molecule has 1 amide bonds. The number of carbonyl (C=O) groups excluding carboxylic acids is 1. The minimum atomic E-state index is -0.174. The minimum absolute atomic E-state index is 0.174. The Balaban J connectivity index is 1.98. The molecule has 0 spiro atoms. The number of anilines is 1. The van der Waals surface area contributed by atoms with Crippen LogP contribution in [0.15, 0.2) is 46.9 Å². The van der Waals surface area contributed by atoms with Crippen LogP contribution in [0.5, 0.6) is 0 Å². The maximum absolute atomic E-state index is 11.7. The number of amides is 1. The Morgan fingerprint density at radius 3 is 2.83 bits per heavy atom. The molecule has 1 aromatic heterocycles. The molecule has 0 aliphatic rings. The minimum Gasteiger partial charge on any atom is -0.451 e. The van der Waals surface area contributed by atoms with Crippen molar-refractivity contribution in [1.82, 2.24) is 0 Å². The predicted octanol–water partition coefficient (Wildman–Crippen LogP) is 3.84. The van der Waals surface area contributed by atoms with E-state index in [9.17, 15) is 4.79 Å². The van der Waals surface area contributed by atoms with Crippen LogP contribution in [0.2, 0.25) is 0 Å². The first-order valence-corrected chi connectivity index (χ1v) is 6.52. The van der Waals surface area contributed by atoms with E-state index < -0.39 is 0 Å². The number of nitrogens with one attached hydrogen (secondary N) is 1. The molecule has 0 unspecified atom stereocenters. The topological polar surface area (TPSA) is 42.2 Å². The van der Waals surface area contributed by atoms with Crippen molar-refractivity contribution in [1.29, 1.82) is 0 Å². The van der Waals surface area contributed by atoms with Gasteiger partial charge in [0.25, 0.3) is 0 Å². The summed E-state index contributed by atoms with van der Waals surface area (Å²) in [5.41, 5.74) is 1.90. The first-order chi connectivity index (χ1) is 8.63. The molecule has 1 aromatic carbocycles. The van der Waals surface area contributed by atoms with Crippen molar-refractivity contribution in [2.75, 3.05) is 5.32 Å². The molecule has 4 heteroatoms. The highest BCUT2D eigenvalue weighted by Crippen LogP contribution is 2.12. The summed E-state index contributed by atoms with van der Waals surface area (Å²) in [6, 6.07) is 11.3. The molecule has 0 atom stereocenters. The third-order valence-electron chi connectivity index (χ3n) is 2.28. The van der Waals surface area contributed by atoms with Crippen LogP contribution >= 0.6 is 22.6 Å². The maximum Gasteiger partial charge on any atom is 0.248 e. The number of carbonyl (C=O) groups is 1. The molecule has 0 saturated heterocycles. The van der Waals surface area contributed by atoms with Gasteiger partial charge in [0.15, 0.2) is 3.77 Å². The first-order valence-electron chi connectivity index (χ1n) is 5.44. The van der Waals surface area contributed by atoms with E-state index in [1.165, 1.54) is 6.08 Å². The Hall–Kier alpha value is -1.56. The number of hydrogen-bond donors (Lipinski definition) is 1. The van der Waals surface area contributed by atoms with Gasteiger partial charge >= 0.3 is 0 Å². The molecule has 2 aromatic rings. The molecule has 0 bridgehead atoms. The van der Waals surface area contributed by atoms with Gasteiger partial charge in [-0.2, -0.15) is 0 Å². The van der Waals surface area contributed by atoms with Gasteiger partial charge in [-0.25, -0.2) is 0 Å². The Morgan fingerprint density at radius 2 is 2.17 bits per heavy atom. The zero-order valence-corrected chi connectivity index (χ0v) is 12.0. The van der Waals surface area contributed by atoms with E-state index in [-0.39, 0.29) is 5.91 Å². The number of aryl methyl sites for hydroxylation is 1. The number of rotatable bonds is 3. The van der Waals surface area contributed by atoms with E-state index in [4.69, 9.17) is 4.42 Å². The van der Waals surface area contributed by atoms with Crippen LogP contribution in [0.25, 0.3) is 6.08 Å². The van der Waals surface area contributed by atoms with Crippen LogP contribution in [0.1, 0.15) is 11.3 Å². The van der Waals surface area contributed by atoms with Crippen LogP contribution in [0.3, 0.4) is 0 Å². The Labute approximate surface area is 119 Å². The molecule has 2 rings (SSSR count). The van der Waals surface area contributed by atoms with Crippen molar-refractivity contribution in [2.45, 2.75) is 6.92 Å². The number of hydrogen-bond acceptors (Lipinski definition) is 2. The highest BCUT2D eigenvalue weighted by Gasteiger charge is 1.99. The second-order valence-corrected chi connectivity index (χ2v) is 4.90. The van der Waals surface area contributed by atoms with Crippen LogP contribution in [0, 0.1) is 10.7 Å². The summed E-state index contributed by atoms with van der Waals surface area (Å²) in [5.74, 6) is 0.491. The normalized spacial score (nSPS) is 10.8. The zero-order chi connectivity index (χ0) is 13.0. The van der Waals surface area contributed by atoms with E-state index in [0.717, 1.165) is 15.0 Å². The molecule has 0 fully saturated rings. The molecule has 0 radical (unpaired) electrons. The van der Waals surface area contributed by atoms with Gasteiger partial charge in [0.2, 0.25) is 5.91 Å².